The van der Waals surface area contributed by atoms with E-state index >= 15 is 0 Å². The number of ether oxygens (including phenoxy) is 1. The molecular formula is C14H18INO2. The molecule has 0 N–H and O–H groups in total. The fourth-order valence-corrected chi connectivity index (χ4v) is 2.87. The van der Waals surface area contributed by atoms with Gasteiger partial charge in [0.25, 0.3) is 0 Å². The summed E-state index contributed by atoms with van der Waals surface area (Å²) in [6.07, 6.45) is 0.695. The van der Waals surface area contributed by atoms with Crippen LogP contribution in [0.25, 0.3) is 0 Å². The summed E-state index contributed by atoms with van der Waals surface area (Å²) in [5.74, 6) is 0. The second-order valence-corrected chi connectivity index (χ2v) is 6.69. The quantitative estimate of drug-likeness (QED) is 0.663. The van der Waals surface area contributed by atoms with Crippen molar-refractivity contribution < 1.29 is 9.53 Å². The summed E-state index contributed by atoms with van der Waals surface area (Å²) in [5, 5.41) is 0. The molecule has 0 atom stereocenters. The molecule has 0 aromatic heterocycles. The molecule has 0 spiro atoms. The molecular weight excluding hydrogens is 341 g/mol. The van der Waals surface area contributed by atoms with E-state index in [0.717, 1.165) is 13.0 Å². The molecule has 0 saturated carbocycles. The summed E-state index contributed by atoms with van der Waals surface area (Å²) in [5.41, 5.74) is 2.18. The molecule has 1 aromatic rings. The van der Waals surface area contributed by atoms with Gasteiger partial charge < -0.3 is 9.64 Å². The molecule has 0 fully saturated rings. The Morgan fingerprint density at radius 2 is 2.11 bits per heavy atom. The second-order valence-electron chi connectivity index (χ2n) is 5.53. The monoisotopic (exact) mass is 359 g/mol. The van der Waals surface area contributed by atoms with Gasteiger partial charge in [0.2, 0.25) is 0 Å². The highest BCUT2D eigenvalue weighted by atomic mass is 127. The van der Waals surface area contributed by atoms with E-state index in [-0.39, 0.29) is 6.09 Å². The van der Waals surface area contributed by atoms with E-state index in [1.807, 2.05) is 26.8 Å². The van der Waals surface area contributed by atoms with E-state index < -0.39 is 5.60 Å². The number of amides is 1. The first kappa shape index (κ1) is 13.6. The molecule has 18 heavy (non-hydrogen) atoms. The van der Waals surface area contributed by atoms with E-state index in [0.29, 0.717) is 6.54 Å². The Labute approximate surface area is 122 Å². The van der Waals surface area contributed by atoms with Crippen molar-refractivity contribution in [1.82, 2.24) is 4.90 Å². The van der Waals surface area contributed by atoms with Gasteiger partial charge in [-0.1, -0.05) is 12.1 Å². The van der Waals surface area contributed by atoms with Crippen molar-refractivity contribution in [1.29, 1.82) is 0 Å². The van der Waals surface area contributed by atoms with Crippen LogP contribution in [0.4, 0.5) is 4.79 Å². The van der Waals surface area contributed by atoms with Crippen molar-refractivity contribution in [2.75, 3.05) is 6.54 Å². The van der Waals surface area contributed by atoms with Crippen molar-refractivity contribution in [3.8, 4) is 0 Å². The molecule has 1 amide bonds. The average Bonchev–Trinajstić information content (AvgIpc) is 2.26. The Morgan fingerprint density at radius 1 is 1.39 bits per heavy atom. The number of nitrogens with zero attached hydrogens (tertiary/aromatic N) is 1. The molecule has 3 nitrogen and oxygen atoms in total. The van der Waals surface area contributed by atoms with Crippen molar-refractivity contribution in [3.63, 3.8) is 0 Å². The standard InChI is InChI=1S/C14H18INO2/c1-14(2,3)18-13(17)16-8-7-11-10(9-16)5-4-6-12(11)15/h4-6H,7-9H2,1-3H3. The number of hydrogen-bond acceptors (Lipinski definition) is 2. The van der Waals surface area contributed by atoms with Crippen LogP contribution in [-0.4, -0.2) is 23.1 Å². The minimum absolute atomic E-state index is 0.216. The first-order chi connectivity index (χ1) is 8.37. The largest absolute Gasteiger partial charge is 0.444 e. The Morgan fingerprint density at radius 3 is 2.78 bits per heavy atom. The van der Waals surface area contributed by atoms with Crippen molar-refractivity contribution >= 4 is 28.7 Å². The summed E-state index contributed by atoms with van der Waals surface area (Å²) < 4.78 is 6.69. The lowest BCUT2D eigenvalue weighted by molar-refractivity contribution is 0.0224. The maximum atomic E-state index is 12.0. The first-order valence-corrected chi connectivity index (χ1v) is 7.19. The molecule has 0 radical (unpaired) electrons. The van der Waals surface area contributed by atoms with E-state index in [9.17, 15) is 4.79 Å². The Balaban J connectivity index is 2.11. The summed E-state index contributed by atoms with van der Waals surface area (Å²) in [6.45, 7) is 7.08. The van der Waals surface area contributed by atoms with Crippen molar-refractivity contribution in [2.45, 2.75) is 39.3 Å². The minimum Gasteiger partial charge on any atom is -0.444 e. The third-order valence-corrected chi connectivity index (χ3v) is 3.87. The van der Waals surface area contributed by atoms with Gasteiger partial charge in [-0.3, -0.25) is 0 Å². The summed E-state index contributed by atoms with van der Waals surface area (Å²) in [7, 11) is 0. The van der Waals surface area contributed by atoms with E-state index in [4.69, 9.17) is 4.74 Å². The number of benzene rings is 1. The third-order valence-electron chi connectivity index (χ3n) is 2.86. The van der Waals surface area contributed by atoms with Gasteiger partial charge in [-0.05, 0) is 67.0 Å². The molecule has 98 valence electrons. The number of carbonyl (C=O) groups is 1. The van der Waals surface area contributed by atoms with Gasteiger partial charge in [0.15, 0.2) is 0 Å². The Bertz CT molecular complexity index is 465. The molecule has 2 rings (SSSR count). The lowest BCUT2D eigenvalue weighted by Gasteiger charge is -2.31. The number of fused-ring (bicyclic) bond motifs is 1. The number of halogens is 1. The maximum Gasteiger partial charge on any atom is 0.410 e. The van der Waals surface area contributed by atoms with Crippen LogP contribution < -0.4 is 0 Å². The van der Waals surface area contributed by atoms with Gasteiger partial charge >= 0.3 is 6.09 Å². The molecule has 0 aliphatic carbocycles. The SMILES string of the molecule is CC(C)(C)OC(=O)N1CCc2c(I)cccc2C1. The molecule has 0 unspecified atom stereocenters. The van der Waals surface area contributed by atoms with Gasteiger partial charge in [0, 0.05) is 16.7 Å². The normalized spacial score (nSPS) is 15.2. The minimum atomic E-state index is -0.428. The molecule has 4 heteroatoms. The van der Waals surface area contributed by atoms with Crippen molar-refractivity contribution in [3.05, 3.63) is 32.9 Å². The van der Waals surface area contributed by atoms with Gasteiger partial charge in [-0.25, -0.2) is 4.79 Å². The van der Waals surface area contributed by atoms with Crippen LogP contribution in [0.2, 0.25) is 0 Å². The van der Waals surface area contributed by atoms with Crippen LogP contribution in [0.5, 0.6) is 0 Å². The molecule has 1 heterocycles. The highest BCUT2D eigenvalue weighted by molar-refractivity contribution is 14.1. The van der Waals surface area contributed by atoms with Gasteiger partial charge in [0.05, 0.1) is 0 Å². The van der Waals surface area contributed by atoms with Gasteiger partial charge in [-0.15, -0.1) is 0 Å². The third kappa shape index (κ3) is 3.16. The molecule has 1 aliphatic heterocycles. The zero-order chi connectivity index (χ0) is 13.3. The highest BCUT2D eigenvalue weighted by Crippen LogP contribution is 2.24. The molecule has 0 bridgehead atoms. The topological polar surface area (TPSA) is 29.5 Å². The lowest BCUT2D eigenvalue weighted by atomic mass is 10.0. The lowest BCUT2D eigenvalue weighted by Crippen LogP contribution is -2.40. The fourth-order valence-electron chi connectivity index (χ4n) is 2.05. The zero-order valence-electron chi connectivity index (χ0n) is 11.0. The second kappa shape index (κ2) is 5.07. The summed E-state index contributed by atoms with van der Waals surface area (Å²) in [6, 6.07) is 6.25. The summed E-state index contributed by atoms with van der Waals surface area (Å²) >= 11 is 2.36. The Kier molecular flexibility index (Phi) is 3.84. The predicted molar refractivity (Wildman–Crippen MR) is 79.5 cm³/mol. The molecule has 1 aliphatic rings. The van der Waals surface area contributed by atoms with E-state index in [1.54, 1.807) is 4.90 Å². The highest BCUT2D eigenvalue weighted by Gasteiger charge is 2.26. The first-order valence-electron chi connectivity index (χ1n) is 6.11. The van der Waals surface area contributed by atoms with Crippen LogP contribution >= 0.6 is 22.6 Å². The number of carbonyl (C=O) groups excluding carboxylic acids is 1. The Hall–Kier alpha value is -0.780. The summed E-state index contributed by atoms with van der Waals surface area (Å²) in [4.78, 5) is 13.8. The van der Waals surface area contributed by atoms with Crippen LogP contribution in [0.1, 0.15) is 31.9 Å². The van der Waals surface area contributed by atoms with Crippen molar-refractivity contribution in [2.24, 2.45) is 0 Å². The fraction of sp³-hybridized carbons (Fsp3) is 0.500. The predicted octanol–water partition coefficient (Wildman–Crippen LogP) is 3.58. The van der Waals surface area contributed by atoms with Gasteiger partial charge in [0.1, 0.15) is 5.60 Å². The number of hydrogen-bond donors (Lipinski definition) is 0. The van der Waals surface area contributed by atoms with Crippen LogP contribution in [0.3, 0.4) is 0 Å². The smallest absolute Gasteiger partial charge is 0.410 e. The van der Waals surface area contributed by atoms with E-state index in [2.05, 4.69) is 34.7 Å². The molecule has 1 aromatic carbocycles. The number of rotatable bonds is 0. The van der Waals surface area contributed by atoms with Gasteiger partial charge in [-0.2, -0.15) is 0 Å². The maximum absolute atomic E-state index is 12.0. The van der Waals surface area contributed by atoms with Crippen LogP contribution in [0, 0.1) is 3.57 Å². The average molecular weight is 359 g/mol. The van der Waals surface area contributed by atoms with E-state index in [1.165, 1.54) is 14.7 Å². The molecule has 0 saturated heterocycles. The van der Waals surface area contributed by atoms with Crippen LogP contribution in [0.15, 0.2) is 18.2 Å². The zero-order valence-corrected chi connectivity index (χ0v) is 13.2. The van der Waals surface area contributed by atoms with Crippen LogP contribution in [-0.2, 0) is 17.7 Å².